The molecule has 0 saturated carbocycles. The molecule has 1 fully saturated rings. The van der Waals surface area contributed by atoms with Gasteiger partial charge in [0.15, 0.2) is 0 Å². The maximum atomic E-state index is 13.3. The second-order valence-electron chi connectivity index (χ2n) is 7.56. The highest BCUT2D eigenvalue weighted by Crippen LogP contribution is 2.41. The van der Waals surface area contributed by atoms with E-state index in [1.54, 1.807) is 16.7 Å². The third kappa shape index (κ3) is 2.44. The molecule has 2 bridgehead atoms. The summed E-state index contributed by atoms with van der Waals surface area (Å²) in [5.74, 6) is 0.196. The first-order valence-electron chi connectivity index (χ1n) is 9.35. The molecule has 4 heterocycles. The molecular weight excluding hydrogens is 342 g/mol. The van der Waals surface area contributed by atoms with Crippen molar-refractivity contribution in [2.45, 2.75) is 18.4 Å². The molecule has 6 nitrogen and oxygen atoms in total. The summed E-state index contributed by atoms with van der Waals surface area (Å²) in [5.41, 5.74) is 2.38. The zero-order valence-electron chi connectivity index (χ0n) is 14.8. The minimum atomic E-state index is -0.276. The Hall–Kier alpha value is -2.86. The van der Waals surface area contributed by atoms with E-state index in [9.17, 15) is 14.7 Å². The van der Waals surface area contributed by atoms with Gasteiger partial charge in [-0.05, 0) is 24.6 Å². The molecule has 1 aromatic carbocycles. The summed E-state index contributed by atoms with van der Waals surface area (Å²) in [4.78, 5) is 30.7. The van der Waals surface area contributed by atoms with Gasteiger partial charge in [0, 0.05) is 48.3 Å². The standard InChI is InChI=1S/C21H21N3O3/c25-12-18-15-9-14(17-5-2-6-19(26)24(17)18)10-23(11-15)21(27)16-4-1-3-13-7-8-22-20(13)16/h1-8,14-15,18,22,25H,9-12H2/t14-,15+,18+/m1/s1. The fourth-order valence-corrected chi connectivity index (χ4v) is 4.88. The SMILES string of the molecule is O=C(c1cccc2cc[nH]c12)N1C[C@H]2C[C@@H](C1)[C@H](CO)n1c2cccc1=O. The average Bonchev–Trinajstić information content (AvgIpc) is 3.17. The molecule has 0 radical (unpaired) electrons. The van der Waals surface area contributed by atoms with E-state index in [2.05, 4.69) is 4.98 Å². The van der Waals surface area contributed by atoms with E-state index in [4.69, 9.17) is 0 Å². The van der Waals surface area contributed by atoms with E-state index < -0.39 is 0 Å². The van der Waals surface area contributed by atoms with Crippen LogP contribution in [0.15, 0.2) is 53.5 Å². The van der Waals surface area contributed by atoms with Crippen molar-refractivity contribution < 1.29 is 9.90 Å². The minimum Gasteiger partial charge on any atom is -0.394 e. The molecule has 0 unspecified atom stereocenters. The number of H-pyrrole nitrogens is 1. The van der Waals surface area contributed by atoms with Crippen LogP contribution >= 0.6 is 0 Å². The third-order valence-electron chi connectivity index (χ3n) is 6.09. The molecule has 2 aliphatic rings. The van der Waals surface area contributed by atoms with Crippen LogP contribution in [-0.4, -0.2) is 45.2 Å². The molecule has 3 aromatic rings. The van der Waals surface area contributed by atoms with Gasteiger partial charge in [0.1, 0.15) is 0 Å². The number of para-hydroxylation sites is 1. The topological polar surface area (TPSA) is 78.3 Å². The largest absolute Gasteiger partial charge is 0.394 e. The predicted octanol–water partition coefficient (Wildman–Crippen LogP) is 2.12. The molecule has 0 spiro atoms. The van der Waals surface area contributed by atoms with Gasteiger partial charge in [-0.2, -0.15) is 0 Å². The summed E-state index contributed by atoms with van der Waals surface area (Å²) >= 11 is 0. The van der Waals surface area contributed by atoms with Crippen molar-refractivity contribution in [1.29, 1.82) is 0 Å². The van der Waals surface area contributed by atoms with Gasteiger partial charge in [0.2, 0.25) is 0 Å². The van der Waals surface area contributed by atoms with Gasteiger partial charge < -0.3 is 19.6 Å². The second kappa shape index (κ2) is 6.09. The molecule has 3 atom stereocenters. The molecule has 2 N–H and O–H groups in total. The Morgan fingerprint density at radius 1 is 1.15 bits per heavy atom. The highest BCUT2D eigenvalue weighted by molar-refractivity contribution is 6.05. The van der Waals surface area contributed by atoms with Crippen molar-refractivity contribution in [3.63, 3.8) is 0 Å². The van der Waals surface area contributed by atoms with Gasteiger partial charge in [-0.1, -0.05) is 18.2 Å². The number of rotatable bonds is 2. The first-order chi connectivity index (χ1) is 13.2. The van der Waals surface area contributed by atoms with Gasteiger partial charge in [-0.3, -0.25) is 9.59 Å². The van der Waals surface area contributed by atoms with Crippen molar-refractivity contribution in [2.24, 2.45) is 5.92 Å². The number of amides is 1. The van der Waals surface area contributed by atoms with E-state index >= 15 is 0 Å². The van der Waals surface area contributed by atoms with Crippen LogP contribution in [0.2, 0.25) is 0 Å². The summed E-state index contributed by atoms with van der Waals surface area (Å²) in [6, 6.07) is 12.7. The zero-order valence-corrected chi connectivity index (χ0v) is 14.8. The summed E-state index contributed by atoms with van der Waals surface area (Å²) < 4.78 is 1.74. The first-order valence-corrected chi connectivity index (χ1v) is 9.35. The Bertz CT molecular complexity index is 1080. The van der Waals surface area contributed by atoms with Crippen LogP contribution in [0.1, 0.15) is 34.4 Å². The number of pyridine rings is 1. The van der Waals surface area contributed by atoms with Crippen LogP contribution in [0, 0.1) is 5.92 Å². The number of carbonyl (C=O) groups excluding carboxylic acids is 1. The van der Waals surface area contributed by atoms with Crippen LogP contribution < -0.4 is 5.56 Å². The second-order valence-corrected chi connectivity index (χ2v) is 7.56. The lowest BCUT2D eigenvalue weighted by Crippen LogP contribution is -2.51. The van der Waals surface area contributed by atoms with Gasteiger partial charge >= 0.3 is 0 Å². The van der Waals surface area contributed by atoms with Gasteiger partial charge in [-0.25, -0.2) is 0 Å². The minimum absolute atomic E-state index is 0.00108. The van der Waals surface area contributed by atoms with Gasteiger partial charge in [-0.15, -0.1) is 0 Å². The number of aromatic nitrogens is 2. The fourth-order valence-electron chi connectivity index (χ4n) is 4.88. The Balaban J connectivity index is 1.54. The van der Waals surface area contributed by atoms with Gasteiger partial charge in [0.05, 0.1) is 23.7 Å². The number of aromatic amines is 1. The van der Waals surface area contributed by atoms with E-state index in [0.29, 0.717) is 18.7 Å². The van der Waals surface area contributed by atoms with Crippen LogP contribution in [0.5, 0.6) is 0 Å². The van der Waals surface area contributed by atoms with Crippen LogP contribution in [0.4, 0.5) is 0 Å². The monoisotopic (exact) mass is 363 g/mol. The van der Waals surface area contributed by atoms with Crippen LogP contribution in [0.3, 0.4) is 0 Å². The number of aliphatic hydroxyl groups excluding tert-OH is 1. The van der Waals surface area contributed by atoms with Crippen molar-refractivity contribution in [1.82, 2.24) is 14.5 Å². The number of fused-ring (bicyclic) bond motifs is 5. The van der Waals surface area contributed by atoms with E-state index in [1.165, 1.54) is 0 Å². The molecule has 1 amide bonds. The number of nitrogens with one attached hydrogen (secondary N) is 1. The Labute approximate surface area is 156 Å². The maximum Gasteiger partial charge on any atom is 0.256 e. The molecule has 6 heteroatoms. The quantitative estimate of drug-likeness (QED) is 0.732. The third-order valence-corrected chi connectivity index (χ3v) is 6.09. The summed E-state index contributed by atoms with van der Waals surface area (Å²) in [6.45, 7) is 1.05. The number of hydrogen-bond donors (Lipinski definition) is 2. The Morgan fingerprint density at radius 2 is 2.00 bits per heavy atom. The Morgan fingerprint density at radius 3 is 2.85 bits per heavy atom. The first kappa shape index (κ1) is 16.3. The normalized spacial score (nSPS) is 24.0. The van der Waals surface area contributed by atoms with Crippen LogP contribution in [-0.2, 0) is 0 Å². The van der Waals surface area contributed by atoms with E-state index in [0.717, 1.165) is 23.0 Å². The molecule has 138 valence electrons. The van der Waals surface area contributed by atoms with Crippen molar-refractivity contribution >= 4 is 16.8 Å². The molecule has 5 rings (SSSR count). The maximum absolute atomic E-state index is 13.3. The average molecular weight is 363 g/mol. The van der Waals surface area contributed by atoms with E-state index in [-0.39, 0.29) is 36.0 Å². The number of carbonyl (C=O) groups is 1. The molecular formula is C21H21N3O3. The zero-order chi connectivity index (χ0) is 18.5. The van der Waals surface area contributed by atoms with E-state index in [1.807, 2.05) is 41.4 Å². The molecule has 2 aliphatic heterocycles. The summed E-state index contributed by atoms with van der Waals surface area (Å²) in [6.07, 6.45) is 2.74. The lowest BCUT2D eigenvalue weighted by Gasteiger charge is -2.46. The fraction of sp³-hybridized carbons (Fsp3) is 0.333. The molecule has 2 aromatic heterocycles. The number of hydrogen-bond acceptors (Lipinski definition) is 3. The van der Waals surface area contributed by atoms with Crippen molar-refractivity contribution in [3.05, 3.63) is 70.3 Å². The lowest BCUT2D eigenvalue weighted by atomic mass is 9.78. The van der Waals surface area contributed by atoms with Crippen LogP contribution in [0.25, 0.3) is 10.9 Å². The highest BCUT2D eigenvalue weighted by Gasteiger charge is 2.41. The van der Waals surface area contributed by atoms with Gasteiger partial charge in [0.25, 0.3) is 11.5 Å². The number of nitrogens with zero attached hydrogens (tertiary/aromatic N) is 2. The predicted molar refractivity (Wildman–Crippen MR) is 102 cm³/mol. The van der Waals surface area contributed by atoms with Crippen molar-refractivity contribution in [2.75, 3.05) is 19.7 Å². The summed E-state index contributed by atoms with van der Waals surface area (Å²) in [7, 11) is 0. The molecule has 0 aliphatic carbocycles. The lowest BCUT2D eigenvalue weighted by molar-refractivity contribution is 0.0439. The Kier molecular flexibility index (Phi) is 3.68. The molecule has 1 saturated heterocycles. The van der Waals surface area contributed by atoms with Crippen molar-refractivity contribution in [3.8, 4) is 0 Å². The summed E-state index contributed by atoms with van der Waals surface area (Å²) in [5, 5.41) is 11.0. The smallest absolute Gasteiger partial charge is 0.256 e. The number of aliphatic hydroxyl groups is 1. The number of piperidine rings is 1. The number of benzene rings is 1. The number of likely N-dealkylation sites (tertiary alicyclic amines) is 1. The highest BCUT2D eigenvalue weighted by atomic mass is 16.3. The molecule has 27 heavy (non-hydrogen) atoms.